The molecule has 0 fully saturated rings. The van der Waals surface area contributed by atoms with Gasteiger partial charge in [0.1, 0.15) is 12.4 Å². The van der Waals surface area contributed by atoms with Crippen molar-refractivity contribution in [1.29, 1.82) is 0 Å². The predicted octanol–water partition coefficient (Wildman–Crippen LogP) is 2.90. The Morgan fingerprint density at radius 3 is 2.89 bits per heavy atom. The number of hydrogen-bond donors (Lipinski definition) is 0. The van der Waals surface area contributed by atoms with E-state index >= 15 is 0 Å². The van der Waals surface area contributed by atoms with Crippen molar-refractivity contribution in [3.8, 4) is 17.6 Å². The van der Waals surface area contributed by atoms with Crippen LogP contribution in [-0.4, -0.2) is 15.7 Å². The van der Waals surface area contributed by atoms with Crippen LogP contribution in [0.25, 0.3) is 0 Å². The van der Waals surface area contributed by atoms with Gasteiger partial charge in [-0.15, -0.1) is 11.6 Å². The monoisotopic (exact) mass is 274 g/mol. The standard InChI is InChI=1S/C15H15ClN2O/c1-12-5-6-15(13(10-12)4-3-8-16)19-11-14-7-9-18(2)17-14/h5-7,9-10H,8,11H2,1-2H3. The highest BCUT2D eigenvalue weighted by Gasteiger charge is 2.04. The minimum Gasteiger partial charge on any atom is -0.486 e. The van der Waals surface area contributed by atoms with Crippen molar-refractivity contribution in [3.63, 3.8) is 0 Å². The Morgan fingerprint density at radius 1 is 1.37 bits per heavy atom. The molecule has 19 heavy (non-hydrogen) atoms. The van der Waals surface area contributed by atoms with Crippen LogP contribution in [0.4, 0.5) is 0 Å². The molecule has 0 saturated carbocycles. The molecule has 0 aliphatic rings. The number of aryl methyl sites for hydroxylation is 2. The van der Waals surface area contributed by atoms with Gasteiger partial charge in [0.2, 0.25) is 0 Å². The van der Waals surface area contributed by atoms with Crippen molar-refractivity contribution in [2.75, 3.05) is 5.88 Å². The van der Waals surface area contributed by atoms with Crippen LogP contribution in [-0.2, 0) is 13.7 Å². The maximum Gasteiger partial charge on any atom is 0.135 e. The smallest absolute Gasteiger partial charge is 0.135 e. The molecule has 1 heterocycles. The van der Waals surface area contributed by atoms with Crippen molar-refractivity contribution in [1.82, 2.24) is 9.78 Å². The molecule has 98 valence electrons. The third-order valence-corrected chi connectivity index (χ3v) is 2.70. The van der Waals surface area contributed by atoms with Gasteiger partial charge in [-0.2, -0.15) is 5.10 Å². The Kier molecular flexibility index (Phi) is 4.48. The summed E-state index contributed by atoms with van der Waals surface area (Å²) in [7, 11) is 1.88. The molecule has 0 N–H and O–H groups in total. The maximum absolute atomic E-state index is 5.77. The molecular formula is C15H15ClN2O. The zero-order chi connectivity index (χ0) is 13.7. The van der Waals surface area contributed by atoms with Gasteiger partial charge in [-0.1, -0.05) is 17.9 Å². The highest BCUT2D eigenvalue weighted by molar-refractivity contribution is 6.19. The van der Waals surface area contributed by atoms with Crippen molar-refractivity contribution in [3.05, 3.63) is 47.3 Å². The summed E-state index contributed by atoms with van der Waals surface area (Å²) < 4.78 is 7.52. The molecule has 0 spiro atoms. The van der Waals surface area contributed by atoms with Crippen molar-refractivity contribution in [2.24, 2.45) is 7.05 Å². The number of rotatable bonds is 3. The first-order valence-electron chi connectivity index (χ1n) is 5.96. The number of alkyl halides is 1. The molecule has 3 nitrogen and oxygen atoms in total. The minimum absolute atomic E-state index is 0.313. The molecule has 4 heteroatoms. The van der Waals surface area contributed by atoms with Crippen LogP contribution < -0.4 is 4.74 Å². The van der Waals surface area contributed by atoms with E-state index in [9.17, 15) is 0 Å². The number of aromatic nitrogens is 2. The normalized spacial score (nSPS) is 9.84. The molecule has 0 radical (unpaired) electrons. The lowest BCUT2D eigenvalue weighted by molar-refractivity contribution is 0.299. The summed E-state index contributed by atoms with van der Waals surface area (Å²) >= 11 is 5.59. The number of hydrogen-bond acceptors (Lipinski definition) is 2. The van der Waals surface area contributed by atoms with Crippen molar-refractivity contribution in [2.45, 2.75) is 13.5 Å². The summed E-state index contributed by atoms with van der Waals surface area (Å²) in [6.45, 7) is 2.45. The fraction of sp³-hybridized carbons (Fsp3) is 0.267. The topological polar surface area (TPSA) is 27.1 Å². The molecule has 0 bridgehead atoms. The number of ether oxygens (including phenoxy) is 1. The van der Waals surface area contributed by atoms with Crippen LogP contribution in [0.2, 0.25) is 0 Å². The molecule has 2 aromatic rings. The second-order valence-corrected chi connectivity index (χ2v) is 4.47. The van der Waals surface area contributed by atoms with E-state index < -0.39 is 0 Å². The average molecular weight is 275 g/mol. The van der Waals surface area contributed by atoms with Gasteiger partial charge in [0.25, 0.3) is 0 Å². The van der Waals surface area contributed by atoms with Gasteiger partial charge in [-0.3, -0.25) is 4.68 Å². The van der Waals surface area contributed by atoms with Gasteiger partial charge < -0.3 is 4.74 Å². The highest BCUT2D eigenvalue weighted by Crippen LogP contribution is 2.20. The molecule has 2 rings (SSSR count). The maximum atomic E-state index is 5.77. The van der Waals surface area contributed by atoms with Gasteiger partial charge in [0, 0.05) is 13.2 Å². The Labute approximate surface area is 118 Å². The second kappa shape index (κ2) is 6.31. The summed E-state index contributed by atoms with van der Waals surface area (Å²) in [4.78, 5) is 0. The Hall–Kier alpha value is -1.92. The summed E-state index contributed by atoms with van der Waals surface area (Å²) in [6.07, 6.45) is 1.89. The largest absolute Gasteiger partial charge is 0.486 e. The van der Waals surface area contributed by atoms with Gasteiger partial charge in [0.15, 0.2) is 0 Å². The van der Waals surface area contributed by atoms with Gasteiger partial charge in [-0.05, 0) is 30.7 Å². The lowest BCUT2D eigenvalue weighted by Crippen LogP contribution is -1.99. The fourth-order valence-electron chi connectivity index (χ4n) is 1.69. The van der Waals surface area contributed by atoms with Gasteiger partial charge >= 0.3 is 0 Å². The zero-order valence-corrected chi connectivity index (χ0v) is 11.7. The van der Waals surface area contributed by atoms with E-state index in [1.807, 2.05) is 44.4 Å². The van der Waals surface area contributed by atoms with E-state index in [0.717, 1.165) is 22.6 Å². The molecule has 1 aromatic carbocycles. The SMILES string of the molecule is Cc1ccc(OCc2ccn(C)n2)c(C#CCCl)c1. The molecule has 0 unspecified atom stereocenters. The van der Waals surface area contributed by atoms with Crippen LogP contribution in [0.1, 0.15) is 16.8 Å². The lowest BCUT2D eigenvalue weighted by atomic mass is 10.1. The zero-order valence-electron chi connectivity index (χ0n) is 11.0. The van der Waals surface area contributed by atoms with E-state index in [1.54, 1.807) is 4.68 Å². The molecule has 0 aliphatic heterocycles. The number of benzene rings is 1. The summed E-state index contributed by atoms with van der Waals surface area (Å²) in [5, 5.41) is 4.27. The van der Waals surface area contributed by atoms with Crippen LogP contribution in [0.3, 0.4) is 0 Å². The summed E-state index contributed by atoms with van der Waals surface area (Å²) in [5.74, 6) is 6.93. The Balaban J connectivity index is 2.15. The van der Waals surface area contributed by atoms with E-state index in [4.69, 9.17) is 16.3 Å². The summed E-state index contributed by atoms with van der Waals surface area (Å²) in [5.41, 5.74) is 2.89. The number of nitrogens with zero attached hydrogens (tertiary/aromatic N) is 2. The van der Waals surface area contributed by atoms with Crippen LogP contribution in [0.5, 0.6) is 5.75 Å². The summed E-state index contributed by atoms with van der Waals surface area (Å²) in [6, 6.07) is 7.85. The fourth-order valence-corrected chi connectivity index (χ4v) is 1.75. The van der Waals surface area contributed by atoms with Gasteiger partial charge in [0.05, 0.1) is 17.1 Å². The molecule has 0 aliphatic carbocycles. The quantitative estimate of drug-likeness (QED) is 0.636. The third-order valence-electron chi connectivity index (χ3n) is 2.57. The molecule has 1 aromatic heterocycles. The van der Waals surface area contributed by atoms with Crippen LogP contribution in [0, 0.1) is 18.8 Å². The lowest BCUT2D eigenvalue weighted by Gasteiger charge is -2.07. The Bertz CT molecular complexity index is 623. The third kappa shape index (κ3) is 3.77. The van der Waals surface area contributed by atoms with E-state index in [-0.39, 0.29) is 0 Å². The first-order valence-corrected chi connectivity index (χ1v) is 6.49. The average Bonchev–Trinajstić information content (AvgIpc) is 2.81. The molecular weight excluding hydrogens is 260 g/mol. The van der Waals surface area contributed by atoms with Crippen LogP contribution >= 0.6 is 11.6 Å². The Morgan fingerprint density at radius 2 is 2.21 bits per heavy atom. The second-order valence-electron chi connectivity index (χ2n) is 4.20. The first-order chi connectivity index (χ1) is 9.19. The van der Waals surface area contributed by atoms with E-state index in [1.165, 1.54) is 0 Å². The molecule has 0 saturated heterocycles. The predicted molar refractivity (Wildman–Crippen MR) is 76.3 cm³/mol. The minimum atomic E-state index is 0.313. The molecule has 0 atom stereocenters. The highest BCUT2D eigenvalue weighted by atomic mass is 35.5. The van der Waals surface area contributed by atoms with Gasteiger partial charge in [-0.25, -0.2) is 0 Å². The van der Waals surface area contributed by atoms with Crippen LogP contribution in [0.15, 0.2) is 30.5 Å². The first kappa shape index (κ1) is 13.5. The van der Waals surface area contributed by atoms with E-state index in [2.05, 4.69) is 16.9 Å². The van der Waals surface area contributed by atoms with Crippen molar-refractivity contribution < 1.29 is 4.74 Å². The molecule has 0 amide bonds. The van der Waals surface area contributed by atoms with Crippen molar-refractivity contribution >= 4 is 11.6 Å². The number of halogens is 1. The van der Waals surface area contributed by atoms with E-state index in [0.29, 0.717) is 12.5 Å².